The van der Waals surface area contributed by atoms with Gasteiger partial charge in [-0.1, -0.05) is 15.9 Å². The van der Waals surface area contributed by atoms with Crippen LogP contribution in [0.4, 0.5) is 5.69 Å². The molecule has 1 N–H and O–H groups in total. The van der Waals surface area contributed by atoms with Crippen molar-refractivity contribution >= 4 is 37.5 Å². The second kappa shape index (κ2) is 5.69. The van der Waals surface area contributed by atoms with Gasteiger partial charge in [0.05, 0.1) is 5.69 Å². The molecule has 0 unspecified atom stereocenters. The molecular formula is C11H7Br2N3. The third-order valence-corrected chi connectivity index (χ3v) is 2.94. The molecule has 0 atom stereocenters. The quantitative estimate of drug-likeness (QED) is 0.831. The molecule has 0 fully saturated rings. The zero-order chi connectivity index (χ0) is 12.1. The van der Waals surface area contributed by atoms with Crippen molar-refractivity contribution in [3.05, 3.63) is 38.4 Å². The molecule has 0 heterocycles. The van der Waals surface area contributed by atoms with Crippen molar-refractivity contribution in [2.45, 2.75) is 6.92 Å². The van der Waals surface area contributed by atoms with Gasteiger partial charge in [0.15, 0.2) is 0 Å². The van der Waals surface area contributed by atoms with Gasteiger partial charge in [0.2, 0.25) is 0 Å². The van der Waals surface area contributed by atoms with E-state index in [0.717, 1.165) is 20.2 Å². The minimum atomic E-state index is 0.0363. The smallest absolute Gasteiger partial charge is 0.145 e. The molecule has 0 aliphatic carbocycles. The Morgan fingerprint density at radius 2 is 1.94 bits per heavy atom. The molecule has 16 heavy (non-hydrogen) atoms. The predicted octanol–water partition coefficient (Wildman–Crippen LogP) is 3.86. The topological polar surface area (TPSA) is 59.6 Å². The molecule has 0 saturated heterocycles. The molecule has 0 radical (unpaired) electrons. The normalized spacial score (nSPS) is 8.81. The summed E-state index contributed by atoms with van der Waals surface area (Å²) in [6.45, 7) is 1.93. The number of benzene rings is 1. The van der Waals surface area contributed by atoms with Crippen molar-refractivity contribution in [2.75, 3.05) is 5.32 Å². The average Bonchev–Trinajstić information content (AvgIpc) is 2.22. The van der Waals surface area contributed by atoms with E-state index in [-0.39, 0.29) is 5.57 Å². The molecule has 1 aromatic carbocycles. The number of rotatable bonds is 2. The Morgan fingerprint density at radius 1 is 1.31 bits per heavy atom. The first kappa shape index (κ1) is 12.8. The summed E-state index contributed by atoms with van der Waals surface area (Å²) in [5, 5.41) is 20.1. The number of nitrogens with zero attached hydrogens (tertiary/aromatic N) is 2. The summed E-state index contributed by atoms with van der Waals surface area (Å²) in [6.07, 6.45) is 1.39. The van der Waals surface area contributed by atoms with Gasteiger partial charge in [0.25, 0.3) is 0 Å². The van der Waals surface area contributed by atoms with Crippen LogP contribution in [-0.2, 0) is 0 Å². The number of nitrogens with one attached hydrogen (secondary N) is 1. The van der Waals surface area contributed by atoms with Crippen LogP contribution in [-0.4, -0.2) is 0 Å². The monoisotopic (exact) mass is 339 g/mol. The molecule has 0 aliphatic heterocycles. The number of anilines is 1. The van der Waals surface area contributed by atoms with Crippen molar-refractivity contribution in [3.63, 3.8) is 0 Å². The van der Waals surface area contributed by atoms with Crippen LogP contribution >= 0.6 is 31.9 Å². The van der Waals surface area contributed by atoms with Crippen molar-refractivity contribution < 1.29 is 0 Å². The summed E-state index contributed by atoms with van der Waals surface area (Å²) in [7, 11) is 0. The first-order valence-corrected chi connectivity index (χ1v) is 5.89. The Hall–Kier alpha value is -1.30. The molecule has 3 nitrogen and oxygen atoms in total. The SMILES string of the molecule is Cc1cc(Br)cc(Br)c1NC=C(C#N)C#N. The van der Waals surface area contributed by atoms with E-state index in [1.54, 1.807) is 12.1 Å². The number of nitriles is 2. The van der Waals surface area contributed by atoms with E-state index in [1.807, 2.05) is 19.1 Å². The van der Waals surface area contributed by atoms with Crippen molar-refractivity contribution in [3.8, 4) is 12.1 Å². The van der Waals surface area contributed by atoms with Gasteiger partial charge in [-0.15, -0.1) is 0 Å². The largest absolute Gasteiger partial charge is 0.359 e. The molecule has 0 aliphatic rings. The highest BCUT2D eigenvalue weighted by atomic mass is 79.9. The Kier molecular flexibility index (Phi) is 4.54. The highest BCUT2D eigenvalue weighted by molar-refractivity contribution is 9.11. The van der Waals surface area contributed by atoms with Crippen molar-refractivity contribution in [1.29, 1.82) is 10.5 Å². The number of halogens is 2. The van der Waals surface area contributed by atoms with E-state index in [9.17, 15) is 0 Å². The van der Waals surface area contributed by atoms with E-state index < -0.39 is 0 Å². The summed E-state index contributed by atoms with van der Waals surface area (Å²) in [4.78, 5) is 0. The summed E-state index contributed by atoms with van der Waals surface area (Å²) >= 11 is 6.78. The summed E-state index contributed by atoms with van der Waals surface area (Å²) < 4.78 is 1.83. The van der Waals surface area contributed by atoms with Gasteiger partial charge in [0.1, 0.15) is 17.7 Å². The van der Waals surface area contributed by atoms with E-state index in [4.69, 9.17) is 10.5 Å². The molecule has 0 saturated carbocycles. The van der Waals surface area contributed by atoms with Crippen molar-refractivity contribution in [2.24, 2.45) is 0 Å². The van der Waals surface area contributed by atoms with Gasteiger partial charge in [0, 0.05) is 15.1 Å². The molecule has 0 aromatic heterocycles. The molecule has 5 heteroatoms. The maximum Gasteiger partial charge on any atom is 0.145 e. The molecule has 80 valence electrons. The Morgan fingerprint density at radius 3 is 2.44 bits per heavy atom. The minimum Gasteiger partial charge on any atom is -0.359 e. The van der Waals surface area contributed by atoms with Gasteiger partial charge >= 0.3 is 0 Å². The summed E-state index contributed by atoms with van der Waals surface area (Å²) in [5.74, 6) is 0. The lowest BCUT2D eigenvalue weighted by Crippen LogP contribution is -1.94. The van der Waals surface area contributed by atoms with Crippen LogP contribution in [0.2, 0.25) is 0 Å². The lowest BCUT2D eigenvalue weighted by Gasteiger charge is -2.08. The fourth-order valence-electron chi connectivity index (χ4n) is 1.12. The van der Waals surface area contributed by atoms with Crippen LogP contribution in [0.3, 0.4) is 0 Å². The van der Waals surface area contributed by atoms with Crippen LogP contribution in [0, 0.1) is 29.6 Å². The van der Waals surface area contributed by atoms with Crippen LogP contribution in [0.25, 0.3) is 0 Å². The number of hydrogen-bond donors (Lipinski definition) is 1. The summed E-state index contributed by atoms with van der Waals surface area (Å²) in [5.41, 5.74) is 1.88. The standard InChI is InChI=1S/C11H7Br2N3/c1-7-2-9(12)3-10(13)11(7)16-6-8(4-14)5-15/h2-3,6,16H,1H3. The third-order valence-electron chi connectivity index (χ3n) is 1.85. The molecule has 0 amide bonds. The van der Waals surface area contributed by atoms with Gasteiger partial charge in [-0.3, -0.25) is 0 Å². The molecule has 0 spiro atoms. The van der Waals surface area contributed by atoms with Gasteiger partial charge in [-0.2, -0.15) is 10.5 Å². The Labute approximate surface area is 111 Å². The van der Waals surface area contributed by atoms with Gasteiger partial charge in [-0.05, 0) is 40.5 Å². The first-order valence-electron chi connectivity index (χ1n) is 4.31. The van der Waals surface area contributed by atoms with E-state index in [0.29, 0.717) is 0 Å². The molecule has 1 rings (SSSR count). The molecule has 0 bridgehead atoms. The zero-order valence-corrected chi connectivity index (χ0v) is 11.6. The fourth-order valence-corrected chi connectivity index (χ4v) is 2.67. The number of allylic oxidation sites excluding steroid dienone is 1. The predicted molar refractivity (Wildman–Crippen MR) is 69.5 cm³/mol. The lowest BCUT2D eigenvalue weighted by molar-refractivity contribution is 1.38. The van der Waals surface area contributed by atoms with Crippen LogP contribution in [0.1, 0.15) is 5.56 Å². The second-order valence-electron chi connectivity index (χ2n) is 3.01. The highest BCUT2D eigenvalue weighted by Gasteiger charge is 2.04. The van der Waals surface area contributed by atoms with Gasteiger partial charge < -0.3 is 5.32 Å². The van der Waals surface area contributed by atoms with E-state index in [1.165, 1.54) is 6.20 Å². The van der Waals surface area contributed by atoms with Gasteiger partial charge in [-0.25, -0.2) is 0 Å². The highest BCUT2D eigenvalue weighted by Crippen LogP contribution is 2.30. The molecular weight excluding hydrogens is 334 g/mol. The maximum atomic E-state index is 8.59. The molecule has 1 aromatic rings. The lowest BCUT2D eigenvalue weighted by atomic mass is 10.2. The zero-order valence-electron chi connectivity index (χ0n) is 8.38. The Balaban J connectivity index is 3.05. The number of hydrogen-bond acceptors (Lipinski definition) is 3. The first-order chi connectivity index (χ1) is 7.58. The number of aryl methyl sites for hydroxylation is 1. The summed E-state index contributed by atoms with van der Waals surface area (Å²) in [6, 6.07) is 7.40. The van der Waals surface area contributed by atoms with E-state index >= 15 is 0 Å². The van der Waals surface area contributed by atoms with Crippen LogP contribution in [0.15, 0.2) is 32.9 Å². The van der Waals surface area contributed by atoms with Crippen LogP contribution < -0.4 is 5.32 Å². The average molecular weight is 341 g/mol. The van der Waals surface area contributed by atoms with Crippen molar-refractivity contribution in [1.82, 2.24) is 0 Å². The minimum absolute atomic E-state index is 0.0363. The maximum absolute atomic E-state index is 8.59. The third kappa shape index (κ3) is 3.10. The second-order valence-corrected chi connectivity index (χ2v) is 4.78. The fraction of sp³-hybridized carbons (Fsp3) is 0.0909. The van der Waals surface area contributed by atoms with E-state index in [2.05, 4.69) is 37.2 Å². The Bertz CT molecular complexity index is 482. The van der Waals surface area contributed by atoms with Crippen LogP contribution in [0.5, 0.6) is 0 Å².